The lowest BCUT2D eigenvalue weighted by Crippen LogP contribution is -2.70. The maximum absolute atomic E-state index is 15.9. The Kier molecular flexibility index (Phi) is 15.0. The number of Topliss-reactive ketones (excluding diaryl/α,β-unsaturated/α-hetero) is 2. The number of rotatable bonds is 8. The van der Waals surface area contributed by atoms with Crippen molar-refractivity contribution in [3.8, 4) is 41.1 Å². The van der Waals surface area contributed by atoms with Gasteiger partial charge >= 0.3 is 0 Å². The van der Waals surface area contributed by atoms with Gasteiger partial charge in [-0.2, -0.15) is 0 Å². The SMILES string of the molecule is COc1c2c3c4c(O)c(c5c6c4c1CCC6=CC1CCCC51)C(=O)CN1Cc4c(cccc4C1=O)CC#COC1C(O)C(COC(c4c[nH]c5cc6c7c(c45)CC4(CC5CC8CCCC8(O)CC75CC6)CC56CCC(C5)C(CCO)C#CCC5CC4(CC5CCC(C)=O)C6)C=C2)OC(O3)C1(O)CO. The summed E-state index contributed by atoms with van der Waals surface area (Å²) in [7, 11) is 1.63. The smallest absolute Gasteiger partial charge is 0.254 e. The predicted octanol–water partition coefficient (Wildman–Crippen LogP) is 12.4. The number of fused-ring (bicyclic) bond motifs is 12. The van der Waals surface area contributed by atoms with E-state index in [-0.39, 0.29) is 112 Å². The number of ketones is 2. The number of hydrogen-bond acceptors (Lipinski definition) is 14. The van der Waals surface area contributed by atoms with E-state index in [4.69, 9.17) is 23.7 Å². The molecule has 15 aliphatic rings. The number of ether oxygens (including phenoxy) is 5. The molecule has 1 aromatic heterocycles. The number of methoxy groups -OCH3 is 1. The predicted molar refractivity (Wildman–Crippen MR) is 385 cm³/mol. The first-order valence-corrected chi connectivity index (χ1v) is 39.2. The van der Waals surface area contributed by atoms with E-state index in [1.807, 2.05) is 18.2 Å². The maximum Gasteiger partial charge on any atom is 0.254 e. The first kappa shape index (κ1) is 65.5. The molecule has 4 aromatic carbocycles. The van der Waals surface area contributed by atoms with Crippen molar-refractivity contribution in [3.05, 3.63) is 109 Å². The molecule has 19 unspecified atom stereocenters. The Morgan fingerprint density at radius 1 is 0.864 bits per heavy atom. The molecular formula is C87H96N2O14. The summed E-state index contributed by atoms with van der Waals surface area (Å²) in [5.74, 6) is 12.2. The number of H-pyrrole nitrogens is 1. The molecular weight excluding hydrogens is 1300 g/mol. The Hall–Kier alpha value is -6.99. The zero-order chi connectivity index (χ0) is 70.0. The van der Waals surface area contributed by atoms with Gasteiger partial charge in [0.2, 0.25) is 6.29 Å². The summed E-state index contributed by atoms with van der Waals surface area (Å²) in [6.07, 6.45) is 26.9. The molecule has 6 saturated carbocycles. The second kappa shape index (κ2) is 23.5. The summed E-state index contributed by atoms with van der Waals surface area (Å²) in [5.41, 5.74) is 8.29. The third kappa shape index (κ3) is 9.38. The number of nitrogens with zero attached hydrogens (tertiary/aromatic N) is 1. The van der Waals surface area contributed by atoms with Gasteiger partial charge in [0, 0.05) is 82.9 Å². The van der Waals surface area contributed by atoms with Crippen molar-refractivity contribution >= 4 is 50.8 Å². The highest BCUT2D eigenvalue weighted by Crippen LogP contribution is 2.79. The molecule has 4 aliphatic heterocycles. The van der Waals surface area contributed by atoms with Crippen LogP contribution < -0.4 is 9.47 Å². The second-order valence-electron chi connectivity index (χ2n) is 35.4. The van der Waals surface area contributed by atoms with E-state index < -0.39 is 54.3 Å². The van der Waals surface area contributed by atoms with Gasteiger partial charge in [0.1, 0.15) is 47.5 Å². The number of phenols is 1. The van der Waals surface area contributed by atoms with Crippen LogP contribution in [0.4, 0.5) is 0 Å². The number of nitrogens with one attached hydrogen (secondary N) is 1. The number of phenolic OH excluding ortho intramolecular Hbond substituents is 1. The summed E-state index contributed by atoms with van der Waals surface area (Å²) in [5, 5.41) is 77.5. The number of aromatic amines is 1. The van der Waals surface area contributed by atoms with E-state index in [9.17, 15) is 40.2 Å². The summed E-state index contributed by atoms with van der Waals surface area (Å²) < 4.78 is 34.8. The first-order valence-electron chi connectivity index (χ1n) is 39.2. The van der Waals surface area contributed by atoms with Gasteiger partial charge in [-0.05, 0) is 262 Å². The van der Waals surface area contributed by atoms with Crippen LogP contribution in [0.1, 0.15) is 237 Å². The largest absolute Gasteiger partial charge is 0.506 e. The summed E-state index contributed by atoms with van der Waals surface area (Å²) in [6.45, 7) is 0.425. The monoisotopic (exact) mass is 1390 g/mol. The zero-order valence-electron chi connectivity index (χ0n) is 59.4. The number of carbonyl (C=O) groups is 3. The molecule has 5 aromatic rings. The van der Waals surface area contributed by atoms with Gasteiger partial charge in [-0.1, -0.05) is 49.0 Å². The van der Waals surface area contributed by atoms with Gasteiger partial charge in [0.25, 0.3) is 5.91 Å². The topological polar surface area (TPSA) is 238 Å². The van der Waals surface area contributed by atoms with Gasteiger partial charge in [0.05, 0.1) is 49.0 Å². The van der Waals surface area contributed by atoms with Crippen LogP contribution in [0.15, 0.2) is 42.6 Å². The molecule has 19 atom stereocenters. The highest BCUT2D eigenvalue weighted by atomic mass is 16.7. The number of aliphatic hydroxyl groups excluding tert-OH is 3. The fourth-order valence-corrected chi connectivity index (χ4v) is 26.5. The fraction of sp³-hybridized carbons (Fsp3) is 0.598. The first-order chi connectivity index (χ1) is 49.9. The van der Waals surface area contributed by atoms with Crippen LogP contribution in [0, 0.1) is 81.5 Å². The van der Waals surface area contributed by atoms with Crippen LogP contribution >= 0.6 is 0 Å². The fourth-order valence-electron chi connectivity index (χ4n) is 26.5. The van der Waals surface area contributed by atoms with Crippen LogP contribution in [-0.2, 0) is 56.6 Å². The van der Waals surface area contributed by atoms with Crippen LogP contribution in [-0.4, -0.2) is 127 Å². The van der Waals surface area contributed by atoms with Gasteiger partial charge in [-0.15, -0.1) is 5.92 Å². The van der Waals surface area contributed by atoms with E-state index in [1.54, 1.807) is 31.1 Å². The minimum Gasteiger partial charge on any atom is -0.506 e. The maximum atomic E-state index is 15.9. The van der Waals surface area contributed by atoms with Gasteiger partial charge in [-0.3, -0.25) is 9.59 Å². The number of hydrogen-bond donors (Lipinski definition) is 7. The number of benzene rings is 4. The quantitative estimate of drug-likeness (QED) is 0.0716. The third-order valence-electron chi connectivity index (χ3n) is 30.5. The number of allylic oxidation sites excluding steroid dienone is 2. The summed E-state index contributed by atoms with van der Waals surface area (Å²) >= 11 is 0. The van der Waals surface area contributed by atoms with E-state index >= 15 is 4.79 Å². The van der Waals surface area contributed by atoms with Crippen LogP contribution in [0.25, 0.3) is 33.3 Å². The second-order valence-corrected chi connectivity index (χ2v) is 35.4. The van der Waals surface area contributed by atoms with Crippen molar-refractivity contribution < 1.29 is 68.7 Å². The van der Waals surface area contributed by atoms with E-state index in [1.165, 1.54) is 16.7 Å². The lowest BCUT2D eigenvalue weighted by atomic mass is 9.52. The molecule has 11 aliphatic carbocycles. The lowest BCUT2D eigenvalue weighted by molar-refractivity contribution is -0.328. The Bertz CT molecular complexity index is 4710. The molecule has 1 amide bonds. The van der Waals surface area contributed by atoms with Gasteiger partial charge in [-0.25, -0.2) is 0 Å². The highest BCUT2D eigenvalue weighted by Gasteiger charge is 2.71. The van der Waals surface area contributed by atoms with Crippen LogP contribution in [0.5, 0.6) is 17.2 Å². The molecule has 5 heterocycles. The minimum absolute atomic E-state index is 0.0158. The van der Waals surface area contributed by atoms with Gasteiger partial charge in [0.15, 0.2) is 17.5 Å². The molecule has 12 bridgehead atoms. The molecule has 16 nitrogen and oxygen atoms in total. The number of aliphatic hydroxyl groups is 5. The number of carbonyl (C=O) groups excluding carboxylic acids is 3. The average molecular weight is 1390 g/mol. The standard InChI is InChI=1S/C87H96N2O14/c1-46(92)16-17-53-35-83-34-52(53)11-3-8-47(24-28-90)54-22-26-82(33-54,42-83)43-84(83)36-56-32-55-13-6-25-86(55,97)44-85(56)27-23-51-31-64-69(61(37-84)74(51)85)62(38-88-64)66-21-20-60-77(99-2)59-19-18-50-30-49-10-5-14-57(49)70-68(50)71(59)73-76(95)72(70)65(93)40-89-39-63-48(9-4-15-58(63)80(89)96)12-7-29-100-79-75(94)67(41-101-66)102-81(103-78(60)73)87(79,98)45-91/h4,9,15,20-21,30-31,38,47,49,52-57,66-67,75,79,81,88,90-91,94-95,97-98H,5-6,10-14,16-19,22-28,32-37,39-45H2,1-2H3. The number of aryl methyl sites for hydroxylation is 2. The Morgan fingerprint density at radius 3 is 2.60 bits per heavy atom. The molecule has 16 heteroatoms. The van der Waals surface area contributed by atoms with Crippen LogP contribution in [0.3, 0.4) is 0 Å². The Balaban J connectivity index is 0.810. The molecule has 0 radical (unpaired) electrons. The average Bonchev–Trinajstić information content (AvgIpc) is 1.54. The lowest BCUT2D eigenvalue weighted by Gasteiger charge is -2.54. The molecule has 103 heavy (non-hydrogen) atoms. The molecule has 7 N–H and O–H groups in total. The van der Waals surface area contributed by atoms with E-state index in [2.05, 4.69) is 47.2 Å². The van der Waals surface area contributed by atoms with Crippen molar-refractivity contribution in [2.24, 2.45) is 57.7 Å². The summed E-state index contributed by atoms with van der Waals surface area (Å²) in [6, 6.07) is 7.84. The number of aromatic hydroxyl groups is 1. The third-order valence-corrected chi connectivity index (χ3v) is 30.5. The van der Waals surface area contributed by atoms with E-state index in [0.717, 1.165) is 185 Å². The Labute approximate surface area is 601 Å². The van der Waals surface area contributed by atoms with Crippen LogP contribution in [0.2, 0.25) is 0 Å². The molecule has 4 spiro atoms. The normalized spacial score (nSPS) is 38.7. The van der Waals surface area contributed by atoms with Crippen molar-refractivity contribution in [1.29, 1.82) is 0 Å². The highest BCUT2D eigenvalue weighted by molar-refractivity contribution is 6.17. The molecule has 7 fully saturated rings. The van der Waals surface area contributed by atoms with Gasteiger partial charge < -0.3 is 69.0 Å². The molecule has 538 valence electrons. The van der Waals surface area contributed by atoms with Crippen molar-refractivity contribution in [1.82, 2.24) is 9.88 Å². The summed E-state index contributed by atoms with van der Waals surface area (Å²) in [4.78, 5) is 49.0. The number of amides is 1. The number of aromatic nitrogens is 1. The minimum atomic E-state index is -2.52. The zero-order valence-corrected chi connectivity index (χ0v) is 59.4. The molecule has 20 rings (SSSR count). The van der Waals surface area contributed by atoms with E-state index in [0.29, 0.717) is 71.6 Å². The van der Waals surface area contributed by atoms with Crippen molar-refractivity contribution in [2.75, 3.05) is 33.5 Å². The van der Waals surface area contributed by atoms with Crippen molar-refractivity contribution in [2.45, 2.75) is 234 Å². The molecule has 1 saturated heterocycles. The Morgan fingerprint density at radius 2 is 1.75 bits per heavy atom. The van der Waals surface area contributed by atoms with Crippen molar-refractivity contribution in [3.63, 3.8) is 0 Å².